The van der Waals surface area contributed by atoms with Crippen LogP contribution in [0.3, 0.4) is 0 Å². The Bertz CT molecular complexity index is 445. The summed E-state index contributed by atoms with van der Waals surface area (Å²) in [7, 11) is 1.80. The van der Waals surface area contributed by atoms with Crippen LogP contribution in [0.15, 0.2) is 0 Å². The molecular weight excluding hydrogens is 256 g/mol. The molecule has 0 bridgehead atoms. The lowest BCUT2D eigenvalue weighted by Gasteiger charge is -2.23. The van der Waals surface area contributed by atoms with Crippen LogP contribution in [0.25, 0.3) is 0 Å². The first kappa shape index (κ1) is 13.5. The van der Waals surface area contributed by atoms with Crippen molar-refractivity contribution >= 4 is 11.3 Å². The lowest BCUT2D eigenvalue weighted by atomic mass is 10.0. The smallest absolute Gasteiger partial charge is 0.125 e. The molecule has 0 aliphatic heterocycles. The van der Waals surface area contributed by atoms with Crippen LogP contribution in [0.5, 0.6) is 0 Å². The molecule has 1 aromatic heterocycles. The third-order valence-electron chi connectivity index (χ3n) is 4.40. The van der Waals surface area contributed by atoms with Gasteiger partial charge in [0.15, 0.2) is 0 Å². The van der Waals surface area contributed by atoms with Crippen molar-refractivity contribution in [3.63, 3.8) is 0 Å². The second-order valence-electron chi connectivity index (χ2n) is 6.05. The van der Waals surface area contributed by atoms with E-state index in [1.165, 1.54) is 36.3 Å². The van der Waals surface area contributed by atoms with E-state index in [1.54, 1.807) is 7.11 Å². The molecule has 2 aliphatic carbocycles. The van der Waals surface area contributed by atoms with Gasteiger partial charge in [-0.05, 0) is 39.0 Å². The maximum absolute atomic E-state index is 5.71. The average molecular weight is 280 g/mol. The van der Waals surface area contributed by atoms with E-state index in [0.717, 1.165) is 29.9 Å². The molecule has 3 rings (SSSR count). The van der Waals surface area contributed by atoms with E-state index in [4.69, 9.17) is 9.72 Å². The predicted molar refractivity (Wildman–Crippen MR) is 78.6 cm³/mol. The summed E-state index contributed by atoms with van der Waals surface area (Å²) in [6, 6.07) is 0.762. The van der Waals surface area contributed by atoms with Crippen molar-refractivity contribution in [2.75, 3.05) is 7.11 Å². The fraction of sp³-hybridized carbons (Fsp3) is 0.800. The Morgan fingerprint density at radius 1 is 1.37 bits per heavy atom. The SMILES string of the molecule is CCC(C)(OC)c1nc(C2CC2)c(CNC2CC2)s1. The van der Waals surface area contributed by atoms with Crippen LogP contribution >= 0.6 is 11.3 Å². The molecule has 0 amide bonds. The summed E-state index contributed by atoms with van der Waals surface area (Å²) in [5, 5.41) is 4.79. The van der Waals surface area contributed by atoms with Gasteiger partial charge in [0.1, 0.15) is 10.6 Å². The monoisotopic (exact) mass is 280 g/mol. The normalized spacial score (nSPS) is 22.5. The van der Waals surface area contributed by atoms with Crippen molar-refractivity contribution in [3.8, 4) is 0 Å². The fourth-order valence-electron chi connectivity index (χ4n) is 2.30. The lowest BCUT2D eigenvalue weighted by molar-refractivity contribution is -0.00166. The first-order valence-electron chi connectivity index (χ1n) is 7.45. The van der Waals surface area contributed by atoms with E-state index in [0.29, 0.717) is 0 Å². The molecule has 0 aromatic carbocycles. The van der Waals surface area contributed by atoms with Gasteiger partial charge in [0.2, 0.25) is 0 Å². The highest BCUT2D eigenvalue weighted by Crippen LogP contribution is 2.45. The highest BCUT2D eigenvalue weighted by atomic mass is 32.1. The summed E-state index contributed by atoms with van der Waals surface area (Å²) < 4.78 is 5.71. The standard InChI is InChI=1S/C15H24N2OS/c1-4-15(2,18-3)14-17-13(10-5-6-10)12(19-14)9-16-11-7-8-11/h10-11,16H,4-9H2,1-3H3. The summed E-state index contributed by atoms with van der Waals surface area (Å²) in [6.45, 7) is 5.32. The zero-order valence-electron chi connectivity index (χ0n) is 12.2. The molecule has 106 valence electrons. The Morgan fingerprint density at radius 3 is 2.63 bits per heavy atom. The minimum atomic E-state index is -0.216. The molecule has 2 aliphatic rings. The molecule has 1 aromatic rings. The number of thiazole rings is 1. The van der Waals surface area contributed by atoms with Gasteiger partial charge in [-0.2, -0.15) is 0 Å². The third kappa shape index (κ3) is 2.86. The van der Waals surface area contributed by atoms with Crippen LogP contribution in [-0.2, 0) is 16.9 Å². The number of ether oxygens (including phenoxy) is 1. The van der Waals surface area contributed by atoms with Crippen molar-refractivity contribution < 1.29 is 4.74 Å². The van der Waals surface area contributed by atoms with Gasteiger partial charge in [0.05, 0.1) is 5.69 Å². The van der Waals surface area contributed by atoms with E-state index < -0.39 is 0 Å². The van der Waals surface area contributed by atoms with E-state index in [1.807, 2.05) is 11.3 Å². The lowest BCUT2D eigenvalue weighted by Crippen LogP contribution is -2.22. The number of rotatable bonds is 7. The molecular formula is C15H24N2OS. The first-order valence-corrected chi connectivity index (χ1v) is 8.26. The van der Waals surface area contributed by atoms with Crippen LogP contribution in [0.2, 0.25) is 0 Å². The molecule has 1 unspecified atom stereocenters. The van der Waals surface area contributed by atoms with Gasteiger partial charge in [-0.15, -0.1) is 11.3 Å². The summed E-state index contributed by atoms with van der Waals surface area (Å²) in [5.41, 5.74) is 1.14. The van der Waals surface area contributed by atoms with Crippen LogP contribution in [-0.4, -0.2) is 18.1 Å². The topological polar surface area (TPSA) is 34.1 Å². The van der Waals surface area contributed by atoms with Crippen molar-refractivity contribution in [1.29, 1.82) is 0 Å². The Kier molecular flexibility index (Phi) is 3.67. The van der Waals surface area contributed by atoms with Crippen LogP contribution in [0, 0.1) is 0 Å². The first-order chi connectivity index (χ1) is 9.16. The molecule has 0 radical (unpaired) electrons. The molecule has 19 heavy (non-hydrogen) atoms. The Hall–Kier alpha value is -0.450. The molecule has 4 heteroatoms. The summed E-state index contributed by atoms with van der Waals surface area (Å²) in [5.74, 6) is 0.721. The second-order valence-corrected chi connectivity index (χ2v) is 7.13. The number of hydrogen-bond donors (Lipinski definition) is 1. The number of aromatic nitrogens is 1. The van der Waals surface area contributed by atoms with Crippen LogP contribution in [0.4, 0.5) is 0 Å². The molecule has 1 N–H and O–H groups in total. The second kappa shape index (κ2) is 5.15. The Balaban J connectivity index is 1.82. The molecule has 2 saturated carbocycles. The summed E-state index contributed by atoms with van der Waals surface area (Å²) >= 11 is 1.86. The molecule has 3 nitrogen and oxygen atoms in total. The number of methoxy groups -OCH3 is 1. The fourth-order valence-corrected chi connectivity index (χ4v) is 3.59. The van der Waals surface area contributed by atoms with Gasteiger partial charge >= 0.3 is 0 Å². The predicted octanol–water partition coefficient (Wildman–Crippen LogP) is 3.54. The number of hydrogen-bond acceptors (Lipinski definition) is 4. The molecule has 2 fully saturated rings. The van der Waals surface area contributed by atoms with Gasteiger partial charge in [-0.1, -0.05) is 6.92 Å². The van der Waals surface area contributed by atoms with Gasteiger partial charge in [0.25, 0.3) is 0 Å². The zero-order valence-corrected chi connectivity index (χ0v) is 13.0. The van der Waals surface area contributed by atoms with Crippen LogP contribution < -0.4 is 5.32 Å². The van der Waals surface area contributed by atoms with Gasteiger partial charge in [-0.25, -0.2) is 4.98 Å². The van der Waals surface area contributed by atoms with Gasteiger partial charge in [0, 0.05) is 30.5 Å². The minimum Gasteiger partial charge on any atom is -0.371 e. The van der Waals surface area contributed by atoms with Crippen molar-refractivity contribution in [1.82, 2.24) is 10.3 Å². The van der Waals surface area contributed by atoms with E-state index in [2.05, 4.69) is 19.2 Å². The maximum Gasteiger partial charge on any atom is 0.125 e. The van der Waals surface area contributed by atoms with Gasteiger partial charge in [-0.3, -0.25) is 0 Å². The molecule has 1 atom stereocenters. The van der Waals surface area contributed by atoms with Crippen molar-refractivity contribution in [2.24, 2.45) is 0 Å². The summed E-state index contributed by atoms with van der Waals surface area (Å²) in [6.07, 6.45) is 6.28. The Labute approximate surface area is 119 Å². The average Bonchev–Trinajstić information content (AvgIpc) is 3.35. The van der Waals surface area contributed by atoms with Crippen LogP contribution in [0.1, 0.15) is 67.4 Å². The highest BCUT2D eigenvalue weighted by Gasteiger charge is 2.35. The third-order valence-corrected chi connectivity index (χ3v) is 5.71. The highest BCUT2D eigenvalue weighted by molar-refractivity contribution is 7.11. The quantitative estimate of drug-likeness (QED) is 0.829. The zero-order chi connectivity index (χ0) is 13.5. The van der Waals surface area contributed by atoms with E-state index >= 15 is 0 Å². The molecule has 0 spiro atoms. The molecule has 1 heterocycles. The number of nitrogens with zero attached hydrogens (tertiary/aromatic N) is 1. The van der Waals surface area contributed by atoms with E-state index in [-0.39, 0.29) is 5.60 Å². The van der Waals surface area contributed by atoms with Gasteiger partial charge < -0.3 is 10.1 Å². The van der Waals surface area contributed by atoms with Crippen molar-refractivity contribution in [3.05, 3.63) is 15.6 Å². The minimum absolute atomic E-state index is 0.216. The van der Waals surface area contributed by atoms with Crippen molar-refractivity contribution in [2.45, 2.75) is 70.1 Å². The summed E-state index contributed by atoms with van der Waals surface area (Å²) in [4.78, 5) is 6.38. The largest absolute Gasteiger partial charge is 0.371 e. The Morgan fingerprint density at radius 2 is 2.11 bits per heavy atom. The number of nitrogens with one attached hydrogen (secondary N) is 1. The maximum atomic E-state index is 5.71. The molecule has 0 saturated heterocycles. The van der Waals surface area contributed by atoms with E-state index in [9.17, 15) is 0 Å².